The number of hydrogen-bond acceptors (Lipinski definition) is 3. The molecule has 0 fully saturated rings. The van der Waals surface area contributed by atoms with Gasteiger partial charge in [-0.3, -0.25) is 10.5 Å². The van der Waals surface area contributed by atoms with E-state index >= 15 is 0 Å². The lowest BCUT2D eigenvalue weighted by Gasteiger charge is -1.61. The van der Waals surface area contributed by atoms with Gasteiger partial charge in [0.2, 0.25) is 0 Å². The van der Waals surface area contributed by atoms with Gasteiger partial charge in [-0.1, -0.05) is 0 Å². The molecule has 0 aliphatic heterocycles. The van der Waals surface area contributed by atoms with Crippen LogP contribution in [0, 0.1) is 0 Å². The lowest BCUT2D eigenvalue weighted by Crippen LogP contribution is -1.55. The molecule has 0 aromatic heterocycles. The fourth-order valence-electron chi connectivity index (χ4n) is 0. The van der Waals surface area contributed by atoms with Crippen molar-refractivity contribution in [3.05, 3.63) is 0 Å². The van der Waals surface area contributed by atoms with Gasteiger partial charge in [-0.15, -0.1) is 0 Å². The maximum absolute atomic E-state index is 6.00. The average molecular weight is 80.1 g/mol. The maximum atomic E-state index is 6.00. The van der Waals surface area contributed by atoms with Gasteiger partial charge in [0.05, 0.1) is 0 Å². The number of hydrogen-bond donors (Lipinski definition) is 2. The zero-order valence-corrected chi connectivity index (χ0v) is 3.30. The summed E-state index contributed by atoms with van der Waals surface area (Å²) in [5, 5.41) is 12.0. The van der Waals surface area contributed by atoms with Crippen LogP contribution in [0.1, 0.15) is 0 Å². The first-order chi connectivity index (χ1) is 2.41. The van der Waals surface area contributed by atoms with Crippen LogP contribution in [0.25, 0.3) is 0 Å². The van der Waals surface area contributed by atoms with Crippen LogP contribution in [0.2, 0.25) is 0 Å². The van der Waals surface area contributed by atoms with E-state index in [1.54, 1.807) is 14.2 Å². The van der Waals surface area contributed by atoms with Crippen LogP contribution < -0.4 is 0 Å². The quantitative estimate of drug-likeness (QED) is 0.324. The molecular formula is C2H8O3. The van der Waals surface area contributed by atoms with Gasteiger partial charge >= 0.3 is 0 Å². The smallest absolute Gasteiger partial charge is 0.0351 e. The molecular weight excluding hydrogens is 72.0 g/mol. The second-order valence-electron chi connectivity index (χ2n) is 0.408. The van der Waals surface area contributed by atoms with Gasteiger partial charge in [0.25, 0.3) is 0 Å². The van der Waals surface area contributed by atoms with E-state index in [4.69, 9.17) is 10.5 Å². The normalized spacial score (nSPS) is 4.80. The standard InChI is InChI=1S/C2H6O.H2O2/c1-3-2;1-2/h1-2H3;1-2H. The molecule has 0 aromatic rings. The van der Waals surface area contributed by atoms with Crippen LogP contribution in [0.5, 0.6) is 0 Å². The van der Waals surface area contributed by atoms with Crippen LogP contribution in [0.4, 0.5) is 0 Å². The molecule has 0 heterocycles. The summed E-state index contributed by atoms with van der Waals surface area (Å²) in [5.74, 6) is 0. The zero-order chi connectivity index (χ0) is 4.71. The van der Waals surface area contributed by atoms with Gasteiger partial charge in [-0.25, -0.2) is 0 Å². The van der Waals surface area contributed by atoms with E-state index in [-0.39, 0.29) is 0 Å². The fourth-order valence-corrected chi connectivity index (χ4v) is 0. The minimum atomic E-state index is 1.62. The second-order valence-corrected chi connectivity index (χ2v) is 0.408. The average Bonchev–Trinajstić information content (AvgIpc) is 1.46. The van der Waals surface area contributed by atoms with Crippen molar-refractivity contribution >= 4 is 0 Å². The third kappa shape index (κ3) is 952. The minimum Gasteiger partial charge on any atom is -0.388 e. The lowest BCUT2D eigenvalue weighted by molar-refractivity contribution is -0.176. The Labute approximate surface area is 30.7 Å². The second kappa shape index (κ2) is 41.6. The van der Waals surface area contributed by atoms with E-state index in [1.807, 2.05) is 0 Å². The molecule has 0 spiro atoms. The third-order valence-corrected chi connectivity index (χ3v) is 0. The van der Waals surface area contributed by atoms with Crippen LogP contribution in [-0.4, -0.2) is 24.7 Å². The molecule has 3 nitrogen and oxygen atoms in total. The molecule has 0 atom stereocenters. The van der Waals surface area contributed by atoms with Crippen molar-refractivity contribution in [2.24, 2.45) is 0 Å². The summed E-state index contributed by atoms with van der Waals surface area (Å²) in [4.78, 5) is 0. The van der Waals surface area contributed by atoms with E-state index in [0.29, 0.717) is 0 Å². The molecule has 0 aliphatic rings. The van der Waals surface area contributed by atoms with E-state index in [2.05, 4.69) is 4.74 Å². The summed E-state index contributed by atoms with van der Waals surface area (Å²) < 4.78 is 4.25. The van der Waals surface area contributed by atoms with Crippen molar-refractivity contribution in [1.82, 2.24) is 0 Å². The van der Waals surface area contributed by atoms with Crippen LogP contribution in [-0.2, 0) is 4.74 Å². The first-order valence-electron chi connectivity index (χ1n) is 1.02. The Morgan fingerprint density at radius 3 is 1.20 bits per heavy atom. The molecule has 3 heteroatoms. The van der Waals surface area contributed by atoms with Gasteiger partial charge in [0, 0.05) is 14.2 Å². The van der Waals surface area contributed by atoms with Gasteiger partial charge in [-0.2, -0.15) is 0 Å². The summed E-state index contributed by atoms with van der Waals surface area (Å²) in [6.07, 6.45) is 0. The highest BCUT2D eigenvalue weighted by molar-refractivity contribution is 3.56. The van der Waals surface area contributed by atoms with Crippen molar-refractivity contribution in [3.8, 4) is 0 Å². The van der Waals surface area contributed by atoms with Crippen molar-refractivity contribution in [2.75, 3.05) is 14.2 Å². The minimum absolute atomic E-state index is 1.62. The SMILES string of the molecule is COC.OO. The highest BCUT2D eigenvalue weighted by Gasteiger charge is 1.25. The summed E-state index contributed by atoms with van der Waals surface area (Å²) >= 11 is 0. The topological polar surface area (TPSA) is 49.7 Å². The zero-order valence-electron chi connectivity index (χ0n) is 3.30. The Balaban J connectivity index is 0. The molecule has 0 saturated carbocycles. The van der Waals surface area contributed by atoms with Gasteiger partial charge in [0.1, 0.15) is 0 Å². The lowest BCUT2D eigenvalue weighted by atomic mass is 11.6. The predicted molar refractivity (Wildman–Crippen MR) is 18.2 cm³/mol. The Kier molecular flexibility index (Phi) is 73.6. The largest absolute Gasteiger partial charge is 0.388 e. The Bertz CT molecular complexity index is 4.85. The molecule has 5 heavy (non-hydrogen) atoms. The van der Waals surface area contributed by atoms with Gasteiger partial charge < -0.3 is 4.74 Å². The first kappa shape index (κ1) is 8.86. The molecule has 0 amide bonds. The predicted octanol–water partition coefficient (Wildman–Crippen LogP) is 0.280. The maximum Gasteiger partial charge on any atom is 0.0351 e. The summed E-state index contributed by atoms with van der Waals surface area (Å²) in [7, 11) is 3.25. The molecule has 0 bridgehead atoms. The molecule has 0 aliphatic carbocycles. The third-order valence-electron chi connectivity index (χ3n) is 0. The molecule has 0 rings (SSSR count). The van der Waals surface area contributed by atoms with Crippen molar-refractivity contribution < 1.29 is 15.3 Å². The Hall–Kier alpha value is -0.120. The summed E-state index contributed by atoms with van der Waals surface area (Å²) in [6, 6.07) is 0. The molecule has 0 aromatic carbocycles. The highest BCUT2D eigenvalue weighted by Crippen LogP contribution is 1.28. The number of methoxy groups -OCH3 is 1. The van der Waals surface area contributed by atoms with E-state index in [1.165, 1.54) is 0 Å². The van der Waals surface area contributed by atoms with Crippen LogP contribution >= 0.6 is 0 Å². The van der Waals surface area contributed by atoms with Gasteiger partial charge in [-0.05, 0) is 0 Å². The van der Waals surface area contributed by atoms with Crippen molar-refractivity contribution in [3.63, 3.8) is 0 Å². The van der Waals surface area contributed by atoms with E-state index < -0.39 is 0 Å². The summed E-state index contributed by atoms with van der Waals surface area (Å²) in [5.41, 5.74) is 0. The number of ether oxygens (including phenoxy) is 1. The molecule has 0 unspecified atom stereocenters. The molecule has 0 saturated heterocycles. The first-order valence-corrected chi connectivity index (χ1v) is 1.02. The Morgan fingerprint density at radius 1 is 1.20 bits per heavy atom. The molecule has 0 radical (unpaired) electrons. The van der Waals surface area contributed by atoms with Crippen molar-refractivity contribution in [1.29, 1.82) is 0 Å². The van der Waals surface area contributed by atoms with Crippen LogP contribution in [0.15, 0.2) is 0 Å². The molecule has 34 valence electrons. The molecule has 2 N–H and O–H groups in total. The monoisotopic (exact) mass is 80.0 g/mol. The highest BCUT2D eigenvalue weighted by atomic mass is 17.0. The fraction of sp³-hybridized carbons (Fsp3) is 1.00. The number of rotatable bonds is 0. The van der Waals surface area contributed by atoms with Crippen molar-refractivity contribution in [2.45, 2.75) is 0 Å². The summed E-state index contributed by atoms with van der Waals surface area (Å²) in [6.45, 7) is 0. The Morgan fingerprint density at radius 2 is 1.20 bits per heavy atom. The van der Waals surface area contributed by atoms with Crippen LogP contribution in [0.3, 0.4) is 0 Å². The van der Waals surface area contributed by atoms with E-state index in [0.717, 1.165) is 0 Å². The van der Waals surface area contributed by atoms with E-state index in [9.17, 15) is 0 Å². The van der Waals surface area contributed by atoms with Gasteiger partial charge in [0.15, 0.2) is 0 Å².